The van der Waals surface area contributed by atoms with Crippen molar-refractivity contribution in [1.82, 2.24) is 15.0 Å². The molecule has 1 aromatic carbocycles. The summed E-state index contributed by atoms with van der Waals surface area (Å²) in [6.45, 7) is 13.7. The lowest BCUT2D eigenvalue weighted by Gasteiger charge is -2.33. The van der Waals surface area contributed by atoms with Crippen LogP contribution in [0.5, 0.6) is 0 Å². The number of nitrogens with one attached hydrogen (secondary N) is 1. The Morgan fingerprint density at radius 1 is 1.27 bits per heavy atom. The van der Waals surface area contributed by atoms with Crippen LogP contribution in [0, 0.1) is 40.9 Å². The van der Waals surface area contributed by atoms with Crippen molar-refractivity contribution < 1.29 is 13.9 Å². The number of carbonyl (C=O) groups is 1. The van der Waals surface area contributed by atoms with Crippen LogP contribution in [0.25, 0.3) is 10.9 Å². The summed E-state index contributed by atoms with van der Waals surface area (Å²) in [4.78, 5) is 23.3. The van der Waals surface area contributed by atoms with E-state index in [1.165, 1.54) is 34.4 Å². The Morgan fingerprint density at radius 3 is 2.53 bits per heavy atom. The quantitative estimate of drug-likeness (QED) is 0.0737. The smallest absolute Gasteiger partial charge is 0.416 e. The number of rotatable bonds is 11. The van der Waals surface area contributed by atoms with Crippen molar-refractivity contribution >= 4 is 40.0 Å². The van der Waals surface area contributed by atoms with Gasteiger partial charge in [-0.15, -0.1) is 6.58 Å². The fraction of sp³-hybridized carbons (Fsp3) is 0.344. The second kappa shape index (κ2) is 14.7. The SMILES string of the molecule is C=CCCN(N)/C=C(\N)[C@H](c1ccc(F)nc1C)N(C(=O)OCCl)c1cc(C#N)c2ncc(C#N)c(N[C@H](C)C(C)(C)C)c2c1. The van der Waals surface area contributed by atoms with Gasteiger partial charge in [0.25, 0.3) is 0 Å². The number of alkyl halides is 1. The highest BCUT2D eigenvalue weighted by Crippen LogP contribution is 2.39. The molecular weight excluding hydrogens is 597 g/mol. The molecule has 11 nitrogen and oxygen atoms in total. The molecular formula is C32H37ClFN9O2. The Kier molecular flexibility index (Phi) is 11.3. The summed E-state index contributed by atoms with van der Waals surface area (Å²) >= 11 is 5.85. The highest BCUT2D eigenvalue weighted by molar-refractivity contribution is 6.17. The Balaban J connectivity index is 2.43. The molecule has 0 radical (unpaired) electrons. The van der Waals surface area contributed by atoms with Crippen LogP contribution in [0.2, 0.25) is 0 Å². The number of amides is 1. The lowest BCUT2D eigenvalue weighted by atomic mass is 9.87. The molecule has 0 aliphatic rings. The van der Waals surface area contributed by atoms with E-state index in [9.17, 15) is 19.7 Å². The summed E-state index contributed by atoms with van der Waals surface area (Å²) in [5, 5.41) is 25.3. The van der Waals surface area contributed by atoms with Crippen LogP contribution >= 0.6 is 11.6 Å². The zero-order chi connectivity index (χ0) is 33.5. The number of carbonyl (C=O) groups excluding carboxylic acids is 1. The summed E-state index contributed by atoms with van der Waals surface area (Å²) < 4.78 is 19.4. The van der Waals surface area contributed by atoms with Crippen molar-refractivity contribution in [3.8, 4) is 12.1 Å². The number of hydrogen-bond acceptors (Lipinski definition) is 10. The van der Waals surface area contributed by atoms with E-state index in [0.717, 1.165) is 6.07 Å². The number of hydrogen-bond donors (Lipinski definition) is 3. The number of nitriles is 2. The number of anilines is 2. The minimum Gasteiger partial charge on any atom is -0.433 e. The fourth-order valence-electron chi connectivity index (χ4n) is 4.53. The van der Waals surface area contributed by atoms with Crippen molar-refractivity contribution in [2.24, 2.45) is 17.0 Å². The zero-order valence-corrected chi connectivity index (χ0v) is 26.7. The molecule has 3 aromatic rings. The van der Waals surface area contributed by atoms with E-state index in [1.54, 1.807) is 19.1 Å². The van der Waals surface area contributed by atoms with Gasteiger partial charge in [0.2, 0.25) is 5.95 Å². The second-order valence-corrected chi connectivity index (χ2v) is 11.7. The maximum atomic E-state index is 14.1. The Hall–Kier alpha value is -4.91. The minimum absolute atomic E-state index is 0.0757. The molecule has 0 aliphatic heterocycles. The predicted molar refractivity (Wildman–Crippen MR) is 173 cm³/mol. The maximum absolute atomic E-state index is 14.1. The number of halogens is 2. The molecule has 0 saturated carbocycles. The number of aromatic nitrogens is 2. The minimum atomic E-state index is -1.15. The number of aryl methyl sites for hydroxylation is 1. The van der Waals surface area contributed by atoms with Crippen LogP contribution in [0.3, 0.4) is 0 Å². The average molecular weight is 634 g/mol. The van der Waals surface area contributed by atoms with Crippen LogP contribution in [-0.4, -0.2) is 39.7 Å². The molecule has 0 fully saturated rings. The van der Waals surface area contributed by atoms with Gasteiger partial charge in [0, 0.05) is 41.6 Å². The molecule has 2 heterocycles. The first kappa shape index (κ1) is 34.6. The van der Waals surface area contributed by atoms with E-state index in [1.807, 2.05) is 27.7 Å². The highest BCUT2D eigenvalue weighted by atomic mass is 35.5. The van der Waals surface area contributed by atoms with E-state index in [-0.39, 0.29) is 39.7 Å². The lowest BCUT2D eigenvalue weighted by molar-refractivity contribution is 0.170. The van der Waals surface area contributed by atoms with E-state index < -0.39 is 24.1 Å². The van der Waals surface area contributed by atoms with Crippen LogP contribution < -0.4 is 21.8 Å². The molecule has 0 spiro atoms. The van der Waals surface area contributed by atoms with Gasteiger partial charge >= 0.3 is 6.09 Å². The molecule has 0 bridgehead atoms. The lowest BCUT2D eigenvalue weighted by Crippen LogP contribution is -2.40. The van der Waals surface area contributed by atoms with E-state index in [2.05, 4.69) is 34.0 Å². The van der Waals surface area contributed by atoms with Gasteiger partial charge in [-0.05, 0) is 43.9 Å². The topological polar surface area (TPSA) is 170 Å². The van der Waals surface area contributed by atoms with Crippen LogP contribution in [0.15, 0.2) is 55.0 Å². The number of nitrogens with two attached hydrogens (primary N) is 2. The largest absolute Gasteiger partial charge is 0.433 e. The monoisotopic (exact) mass is 633 g/mol. The van der Waals surface area contributed by atoms with Gasteiger partial charge in [-0.1, -0.05) is 44.5 Å². The number of benzene rings is 1. The Bertz CT molecular complexity index is 1690. The van der Waals surface area contributed by atoms with Gasteiger partial charge in [0.1, 0.15) is 18.2 Å². The molecule has 1 amide bonds. The van der Waals surface area contributed by atoms with Gasteiger partial charge in [-0.25, -0.2) is 15.6 Å². The summed E-state index contributed by atoms with van der Waals surface area (Å²) in [6, 6.07) is 8.21. The van der Waals surface area contributed by atoms with E-state index in [0.29, 0.717) is 35.1 Å². The molecule has 13 heteroatoms. The number of pyridine rings is 2. The first-order valence-electron chi connectivity index (χ1n) is 14.0. The summed E-state index contributed by atoms with van der Waals surface area (Å²) in [5.41, 5.74) is 8.39. The van der Waals surface area contributed by atoms with Crippen molar-refractivity contribution in [3.05, 3.63) is 83.3 Å². The molecule has 45 heavy (non-hydrogen) atoms. The van der Waals surface area contributed by atoms with Gasteiger partial charge in [0.15, 0.2) is 6.07 Å². The Morgan fingerprint density at radius 2 is 1.96 bits per heavy atom. The first-order chi connectivity index (χ1) is 21.3. The molecule has 236 valence electrons. The van der Waals surface area contributed by atoms with Crippen LogP contribution in [-0.2, 0) is 4.74 Å². The van der Waals surface area contributed by atoms with Gasteiger partial charge in [0.05, 0.1) is 33.7 Å². The molecule has 3 rings (SSSR count). The average Bonchev–Trinajstić information content (AvgIpc) is 2.98. The van der Waals surface area contributed by atoms with Gasteiger partial charge < -0.3 is 20.8 Å². The number of nitrogens with zero attached hydrogens (tertiary/aromatic N) is 6. The third-order valence-electron chi connectivity index (χ3n) is 7.38. The molecule has 2 atom stereocenters. The van der Waals surface area contributed by atoms with Crippen molar-refractivity contribution in [3.63, 3.8) is 0 Å². The summed E-state index contributed by atoms with van der Waals surface area (Å²) in [7, 11) is 0. The van der Waals surface area contributed by atoms with Crippen molar-refractivity contribution in [1.29, 1.82) is 10.5 Å². The summed E-state index contributed by atoms with van der Waals surface area (Å²) in [5.74, 6) is 5.45. The van der Waals surface area contributed by atoms with Crippen LogP contribution in [0.4, 0.5) is 20.6 Å². The number of fused-ring (bicyclic) bond motifs is 1. The van der Waals surface area contributed by atoms with Crippen LogP contribution in [0.1, 0.15) is 62.5 Å². The zero-order valence-electron chi connectivity index (χ0n) is 25.9. The second-order valence-electron chi connectivity index (χ2n) is 11.4. The highest BCUT2D eigenvalue weighted by Gasteiger charge is 2.33. The maximum Gasteiger partial charge on any atom is 0.416 e. The van der Waals surface area contributed by atoms with E-state index in [4.69, 9.17) is 27.9 Å². The third kappa shape index (κ3) is 7.98. The first-order valence-corrected chi connectivity index (χ1v) is 14.6. The number of hydrazine groups is 1. The van der Waals surface area contributed by atoms with E-state index >= 15 is 0 Å². The molecule has 2 aromatic heterocycles. The molecule has 0 saturated heterocycles. The molecule has 5 N–H and O–H groups in total. The number of ether oxygens (including phenoxy) is 1. The fourth-order valence-corrected chi connectivity index (χ4v) is 4.62. The molecule has 0 aliphatic carbocycles. The third-order valence-corrected chi connectivity index (χ3v) is 7.49. The molecule has 0 unspecified atom stereocenters. The van der Waals surface area contributed by atoms with Gasteiger partial charge in [-0.3, -0.25) is 9.88 Å². The summed E-state index contributed by atoms with van der Waals surface area (Å²) in [6.07, 6.45) is 4.16. The van der Waals surface area contributed by atoms with Gasteiger partial charge in [-0.2, -0.15) is 14.9 Å². The van der Waals surface area contributed by atoms with Crippen molar-refractivity contribution in [2.75, 3.05) is 22.8 Å². The standard InChI is InChI=1S/C32H37ClFN9O2/c1-7-8-11-42(38)17-26(37)30(24-9-10-27(34)40-19(24)2)43(31(44)45-18-33)23-12-21(14-35)28-25(13-23)29(22(15-36)16-39-28)41-20(3)32(4,5)6/h7,9-10,12-13,16-17,20,30H,1,8,11,18,37-38H2,2-6H3,(H,39,41)/b26-17-/t20-,30+/m1/s1. The normalized spacial score (nSPS) is 12.9. The Labute approximate surface area is 267 Å². The van der Waals surface area contributed by atoms with Crippen molar-refractivity contribution in [2.45, 2.75) is 53.1 Å². The predicted octanol–water partition coefficient (Wildman–Crippen LogP) is 6.10.